The molecule has 0 spiro atoms. The first-order valence-corrected chi connectivity index (χ1v) is 2.79. The zero-order valence-corrected chi connectivity index (χ0v) is 5.13. The van der Waals surface area contributed by atoms with E-state index in [1.54, 1.807) is 0 Å². The van der Waals surface area contributed by atoms with Crippen LogP contribution in [0, 0.1) is 5.95 Å². The van der Waals surface area contributed by atoms with Crippen LogP contribution in [0.5, 0.6) is 0 Å². The van der Waals surface area contributed by atoms with Gasteiger partial charge in [-0.2, -0.15) is 4.39 Å². The molecular weight excluding hydrogens is 119 g/mol. The van der Waals surface area contributed by atoms with E-state index in [-0.39, 0.29) is 0 Å². The van der Waals surface area contributed by atoms with Crippen LogP contribution in [-0.4, -0.2) is 9.97 Å². The Morgan fingerprint density at radius 2 is 2.44 bits per heavy atom. The minimum absolute atomic E-state index is 0.410. The van der Waals surface area contributed by atoms with Crippen LogP contribution in [0.3, 0.4) is 0 Å². The van der Waals surface area contributed by atoms with Crippen LogP contribution in [0.4, 0.5) is 4.39 Å². The second kappa shape index (κ2) is 2.53. The van der Waals surface area contributed by atoms with Crippen LogP contribution in [0.1, 0.15) is 12.5 Å². The maximum atomic E-state index is 12.4. The van der Waals surface area contributed by atoms with Crippen molar-refractivity contribution in [1.29, 1.82) is 0 Å². The van der Waals surface area contributed by atoms with E-state index in [1.807, 2.05) is 6.92 Å². The molecule has 0 atom stereocenters. The smallest absolute Gasteiger partial charge is 0.219 e. The highest BCUT2D eigenvalue weighted by atomic mass is 19.1. The summed E-state index contributed by atoms with van der Waals surface area (Å²) in [6.07, 6.45) is 3.34. The SMILES string of the molecule is CCc1cncnc1F. The summed E-state index contributed by atoms with van der Waals surface area (Å²) in [5.74, 6) is -0.410. The predicted octanol–water partition coefficient (Wildman–Crippen LogP) is 1.18. The molecule has 1 rings (SSSR count). The lowest BCUT2D eigenvalue weighted by Crippen LogP contribution is -1.91. The Balaban J connectivity index is 3.01. The normalized spacial score (nSPS) is 9.56. The van der Waals surface area contributed by atoms with Crippen molar-refractivity contribution in [3.05, 3.63) is 24.0 Å². The average molecular weight is 126 g/mol. The number of halogens is 1. The molecule has 9 heavy (non-hydrogen) atoms. The molecule has 0 aliphatic rings. The summed E-state index contributed by atoms with van der Waals surface area (Å²) >= 11 is 0. The van der Waals surface area contributed by atoms with Gasteiger partial charge in [-0.15, -0.1) is 0 Å². The van der Waals surface area contributed by atoms with E-state index in [1.165, 1.54) is 12.5 Å². The Morgan fingerprint density at radius 1 is 1.67 bits per heavy atom. The van der Waals surface area contributed by atoms with Crippen molar-refractivity contribution in [2.45, 2.75) is 13.3 Å². The number of aromatic nitrogens is 2. The van der Waals surface area contributed by atoms with Gasteiger partial charge < -0.3 is 0 Å². The van der Waals surface area contributed by atoms with Crippen molar-refractivity contribution < 1.29 is 4.39 Å². The van der Waals surface area contributed by atoms with Gasteiger partial charge in [-0.25, -0.2) is 9.97 Å². The van der Waals surface area contributed by atoms with Crippen LogP contribution in [0.25, 0.3) is 0 Å². The summed E-state index contributed by atoms with van der Waals surface area (Å²) in [6.45, 7) is 1.86. The third kappa shape index (κ3) is 1.22. The van der Waals surface area contributed by atoms with E-state index < -0.39 is 5.95 Å². The quantitative estimate of drug-likeness (QED) is 0.528. The third-order valence-corrected chi connectivity index (χ3v) is 1.11. The lowest BCUT2D eigenvalue weighted by molar-refractivity contribution is 0.563. The number of rotatable bonds is 1. The lowest BCUT2D eigenvalue weighted by Gasteiger charge is -1.92. The van der Waals surface area contributed by atoms with E-state index in [0.29, 0.717) is 12.0 Å². The molecule has 0 radical (unpaired) electrons. The monoisotopic (exact) mass is 126 g/mol. The van der Waals surface area contributed by atoms with Crippen LogP contribution in [-0.2, 0) is 6.42 Å². The van der Waals surface area contributed by atoms with E-state index in [4.69, 9.17) is 0 Å². The molecule has 3 heteroatoms. The summed E-state index contributed by atoms with van der Waals surface area (Å²) in [6, 6.07) is 0. The van der Waals surface area contributed by atoms with Gasteiger partial charge in [0.1, 0.15) is 6.33 Å². The minimum atomic E-state index is -0.410. The first-order valence-electron chi connectivity index (χ1n) is 2.79. The van der Waals surface area contributed by atoms with Gasteiger partial charge in [-0.1, -0.05) is 6.92 Å². The molecule has 0 amide bonds. The van der Waals surface area contributed by atoms with Crippen molar-refractivity contribution >= 4 is 0 Å². The molecule has 1 aromatic rings. The zero-order chi connectivity index (χ0) is 6.69. The molecule has 0 unspecified atom stereocenters. The second-order valence-electron chi connectivity index (χ2n) is 1.69. The summed E-state index contributed by atoms with van der Waals surface area (Å²) in [4.78, 5) is 7.04. The molecule has 0 saturated heterocycles. The molecule has 0 saturated carbocycles. The van der Waals surface area contributed by atoms with Crippen LogP contribution >= 0.6 is 0 Å². The van der Waals surface area contributed by atoms with Crippen LogP contribution in [0.15, 0.2) is 12.5 Å². The van der Waals surface area contributed by atoms with Crippen molar-refractivity contribution in [3.63, 3.8) is 0 Å². The predicted molar refractivity (Wildman–Crippen MR) is 31.4 cm³/mol. The molecule has 2 nitrogen and oxygen atoms in total. The number of hydrogen-bond donors (Lipinski definition) is 0. The number of aryl methyl sites for hydroxylation is 1. The molecule has 48 valence electrons. The van der Waals surface area contributed by atoms with E-state index in [2.05, 4.69) is 9.97 Å². The third-order valence-electron chi connectivity index (χ3n) is 1.11. The fourth-order valence-corrected chi connectivity index (χ4v) is 0.581. The van der Waals surface area contributed by atoms with Gasteiger partial charge in [-0.05, 0) is 6.42 Å². The first-order chi connectivity index (χ1) is 4.34. The highest BCUT2D eigenvalue weighted by Gasteiger charge is 1.96. The minimum Gasteiger partial charge on any atom is -0.244 e. The second-order valence-corrected chi connectivity index (χ2v) is 1.69. The zero-order valence-electron chi connectivity index (χ0n) is 5.13. The molecule has 1 aromatic heterocycles. The molecular formula is C6H7FN2. The summed E-state index contributed by atoms with van der Waals surface area (Å²) in [7, 11) is 0. The van der Waals surface area contributed by atoms with E-state index in [9.17, 15) is 4.39 Å². The molecule has 0 N–H and O–H groups in total. The maximum Gasteiger partial charge on any atom is 0.219 e. The van der Waals surface area contributed by atoms with Crippen molar-refractivity contribution in [2.24, 2.45) is 0 Å². The van der Waals surface area contributed by atoms with E-state index in [0.717, 1.165) is 0 Å². The average Bonchev–Trinajstić information content (AvgIpc) is 1.89. The fourth-order valence-electron chi connectivity index (χ4n) is 0.581. The molecule has 1 heterocycles. The lowest BCUT2D eigenvalue weighted by atomic mass is 10.3. The Hall–Kier alpha value is -0.990. The molecule has 0 aliphatic heterocycles. The molecule has 0 aromatic carbocycles. The first kappa shape index (κ1) is 6.13. The van der Waals surface area contributed by atoms with Gasteiger partial charge >= 0.3 is 0 Å². The Kier molecular flexibility index (Phi) is 1.72. The van der Waals surface area contributed by atoms with E-state index >= 15 is 0 Å². The van der Waals surface area contributed by atoms with Gasteiger partial charge in [0.05, 0.1) is 0 Å². The van der Waals surface area contributed by atoms with Crippen molar-refractivity contribution in [3.8, 4) is 0 Å². The topological polar surface area (TPSA) is 25.8 Å². The van der Waals surface area contributed by atoms with Gasteiger partial charge in [0.25, 0.3) is 0 Å². The Bertz CT molecular complexity index is 200. The summed E-state index contributed by atoms with van der Waals surface area (Å²) in [5, 5.41) is 0. The van der Waals surface area contributed by atoms with Gasteiger partial charge in [0, 0.05) is 11.8 Å². The van der Waals surface area contributed by atoms with Gasteiger partial charge in [-0.3, -0.25) is 0 Å². The van der Waals surface area contributed by atoms with Crippen LogP contribution in [0.2, 0.25) is 0 Å². The highest BCUT2D eigenvalue weighted by Crippen LogP contribution is 1.99. The molecule has 0 bridgehead atoms. The maximum absolute atomic E-state index is 12.4. The van der Waals surface area contributed by atoms with Crippen molar-refractivity contribution in [2.75, 3.05) is 0 Å². The standard InChI is InChI=1S/C6H7FN2/c1-2-5-3-8-4-9-6(5)7/h3-4H,2H2,1H3. The highest BCUT2D eigenvalue weighted by molar-refractivity contribution is 5.03. The summed E-state index contributed by atoms with van der Waals surface area (Å²) < 4.78 is 12.4. The number of hydrogen-bond acceptors (Lipinski definition) is 2. The summed E-state index contributed by atoms with van der Waals surface area (Å²) in [5.41, 5.74) is 0.567. The molecule has 0 aliphatic carbocycles. The Labute approximate surface area is 52.8 Å². The Morgan fingerprint density at radius 3 is 2.89 bits per heavy atom. The number of nitrogens with zero attached hydrogens (tertiary/aromatic N) is 2. The van der Waals surface area contributed by atoms with Gasteiger partial charge in [0.2, 0.25) is 5.95 Å². The van der Waals surface area contributed by atoms with Crippen LogP contribution < -0.4 is 0 Å². The largest absolute Gasteiger partial charge is 0.244 e. The van der Waals surface area contributed by atoms with Gasteiger partial charge in [0.15, 0.2) is 0 Å². The molecule has 0 fully saturated rings. The van der Waals surface area contributed by atoms with Crippen molar-refractivity contribution in [1.82, 2.24) is 9.97 Å². The fraction of sp³-hybridized carbons (Fsp3) is 0.333.